The lowest BCUT2D eigenvalue weighted by Crippen LogP contribution is -2.37. The van der Waals surface area contributed by atoms with E-state index in [-0.39, 0.29) is 0 Å². The molecule has 1 aliphatic carbocycles. The Morgan fingerprint density at radius 2 is 2.00 bits per heavy atom. The van der Waals surface area contributed by atoms with Gasteiger partial charge in [-0.05, 0) is 49.8 Å². The predicted molar refractivity (Wildman–Crippen MR) is 115 cm³/mol. The summed E-state index contributed by atoms with van der Waals surface area (Å²) in [5, 5.41) is 4.73. The van der Waals surface area contributed by atoms with Crippen molar-refractivity contribution < 1.29 is 4.74 Å². The number of nitrogens with one attached hydrogen (secondary N) is 1. The first-order chi connectivity index (χ1) is 13.9. The maximum absolute atomic E-state index is 5.61. The van der Waals surface area contributed by atoms with E-state index in [0.717, 1.165) is 85.9 Å². The molecule has 1 saturated heterocycles. The molecule has 3 aromatic rings. The van der Waals surface area contributed by atoms with Gasteiger partial charge in [0.2, 0.25) is 0 Å². The number of rotatable bonds is 6. The second-order valence-electron chi connectivity index (χ2n) is 7.45. The van der Waals surface area contributed by atoms with E-state index in [0.29, 0.717) is 0 Å². The summed E-state index contributed by atoms with van der Waals surface area (Å²) in [7, 11) is 0. The molecule has 0 amide bonds. The summed E-state index contributed by atoms with van der Waals surface area (Å²) >= 11 is 1.72. The fraction of sp³-hybridized carbons (Fsp3) is 0.550. The molecule has 0 saturated carbocycles. The van der Waals surface area contributed by atoms with Gasteiger partial charge >= 0.3 is 0 Å². The fourth-order valence-corrected chi connectivity index (χ4v) is 5.44. The van der Waals surface area contributed by atoms with E-state index in [1.807, 2.05) is 0 Å². The Balaban J connectivity index is 1.60. The summed E-state index contributed by atoms with van der Waals surface area (Å²) < 4.78 is 6.66. The molecule has 1 aliphatic heterocycles. The van der Waals surface area contributed by atoms with Crippen molar-refractivity contribution in [2.75, 3.05) is 49.6 Å². The van der Waals surface area contributed by atoms with Crippen LogP contribution in [-0.4, -0.2) is 54.3 Å². The van der Waals surface area contributed by atoms with Crippen LogP contribution in [-0.2, 0) is 17.6 Å². The molecule has 0 atom stereocenters. The van der Waals surface area contributed by atoms with Gasteiger partial charge in [-0.25, -0.2) is 15.0 Å². The molecular formula is C20H26N6OS. The van der Waals surface area contributed by atoms with Gasteiger partial charge in [-0.15, -0.1) is 11.3 Å². The third-order valence-electron chi connectivity index (χ3n) is 5.68. The molecule has 7 nitrogen and oxygen atoms in total. The number of thiophene rings is 1. The van der Waals surface area contributed by atoms with Gasteiger partial charge in [-0.2, -0.15) is 0 Å². The number of fused-ring (bicyclic) bond motifs is 5. The number of nitrogens with zero attached hydrogens (tertiary/aromatic N) is 4. The molecule has 8 heteroatoms. The molecule has 0 aromatic carbocycles. The number of aromatic nitrogens is 3. The van der Waals surface area contributed by atoms with Gasteiger partial charge in [0.15, 0.2) is 0 Å². The number of aryl methyl sites for hydroxylation is 1. The van der Waals surface area contributed by atoms with Crippen molar-refractivity contribution in [3.63, 3.8) is 0 Å². The van der Waals surface area contributed by atoms with Gasteiger partial charge in [0.1, 0.15) is 22.8 Å². The monoisotopic (exact) mass is 398 g/mol. The second kappa shape index (κ2) is 7.77. The second-order valence-corrected chi connectivity index (χ2v) is 8.45. The van der Waals surface area contributed by atoms with Crippen LogP contribution in [0.5, 0.6) is 0 Å². The molecule has 2 aliphatic rings. The number of morpholine rings is 1. The largest absolute Gasteiger partial charge is 0.378 e. The average molecular weight is 399 g/mol. The van der Waals surface area contributed by atoms with Crippen molar-refractivity contribution in [3.8, 4) is 0 Å². The molecule has 0 spiro atoms. The van der Waals surface area contributed by atoms with Crippen molar-refractivity contribution in [3.05, 3.63) is 17.5 Å². The maximum Gasteiger partial charge on any atom is 0.147 e. The Morgan fingerprint density at radius 3 is 2.86 bits per heavy atom. The van der Waals surface area contributed by atoms with Crippen molar-refractivity contribution >= 4 is 43.4 Å². The average Bonchev–Trinajstić information content (AvgIpc) is 3.35. The summed E-state index contributed by atoms with van der Waals surface area (Å²) in [6.45, 7) is 5.01. The highest BCUT2D eigenvalue weighted by atomic mass is 32.1. The van der Waals surface area contributed by atoms with Crippen LogP contribution >= 0.6 is 11.3 Å². The van der Waals surface area contributed by atoms with Gasteiger partial charge in [-0.3, -0.25) is 0 Å². The first kappa shape index (κ1) is 18.0. The maximum atomic E-state index is 5.61. The number of hydrogen-bond acceptors (Lipinski definition) is 8. The predicted octanol–water partition coefficient (Wildman–Crippen LogP) is 2.72. The van der Waals surface area contributed by atoms with Crippen molar-refractivity contribution in [2.24, 2.45) is 5.73 Å². The third kappa shape index (κ3) is 3.09. The van der Waals surface area contributed by atoms with Crippen molar-refractivity contribution in [1.82, 2.24) is 15.0 Å². The molecule has 0 bridgehead atoms. The molecule has 3 aromatic heterocycles. The van der Waals surface area contributed by atoms with Crippen LogP contribution in [0.15, 0.2) is 6.33 Å². The van der Waals surface area contributed by atoms with Crippen LogP contribution < -0.4 is 16.0 Å². The zero-order valence-electron chi connectivity index (χ0n) is 16.0. The number of unbranched alkanes of at least 4 members (excludes halogenated alkanes) is 1. The fourth-order valence-electron chi connectivity index (χ4n) is 4.32. The zero-order chi connectivity index (χ0) is 18.9. The molecular weight excluding hydrogens is 372 g/mol. The minimum absolute atomic E-state index is 0.726. The number of hydrogen-bond donors (Lipinski definition) is 2. The Kier molecular flexibility index (Phi) is 5.00. The van der Waals surface area contributed by atoms with Crippen molar-refractivity contribution in [1.29, 1.82) is 0 Å². The van der Waals surface area contributed by atoms with Gasteiger partial charge in [0, 0.05) is 25.0 Å². The standard InChI is InChI=1S/C20H26N6OS/c21-6-1-2-7-22-18-17-16(23-12-24-18)15-13-4-3-5-14(13)19(25-20(15)28-17)26-8-10-27-11-9-26/h12H,1-11,21H2,(H,22,23,24). The Morgan fingerprint density at radius 1 is 1.14 bits per heavy atom. The van der Waals surface area contributed by atoms with Crippen LogP contribution in [0.2, 0.25) is 0 Å². The molecule has 5 rings (SSSR count). The summed E-state index contributed by atoms with van der Waals surface area (Å²) in [6.07, 6.45) is 7.16. The molecule has 0 radical (unpaired) electrons. The number of anilines is 2. The van der Waals surface area contributed by atoms with Gasteiger partial charge < -0.3 is 20.7 Å². The summed E-state index contributed by atoms with van der Waals surface area (Å²) in [4.78, 5) is 17.8. The highest BCUT2D eigenvalue weighted by Gasteiger charge is 2.27. The Bertz CT molecular complexity index is 997. The third-order valence-corrected chi connectivity index (χ3v) is 6.76. The van der Waals surface area contributed by atoms with E-state index in [9.17, 15) is 0 Å². The van der Waals surface area contributed by atoms with Crippen LogP contribution in [0, 0.1) is 0 Å². The SMILES string of the molecule is NCCCCNc1ncnc2c1sc1nc(N3CCOCC3)c3c(c12)CCC3. The smallest absolute Gasteiger partial charge is 0.147 e. The molecule has 0 unspecified atom stereocenters. The zero-order valence-corrected chi connectivity index (χ0v) is 16.9. The highest BCUT2D eigenvalue weighted by Crippen LogP contribution is 2.43. The number of ether oxygens (including phenoxy) is 1. The van der Waals surface area contributed by atoms with Crippen LogP contribution in [0.3, 0.4) is 0 Å². The van der Waals surface area contributed by atoms with Crippen molar-refractivity contribution in [2.45, 2.75) is 32.1 Å². The lowest BCUT2D eigenvalue weighted by Gasteiger charge is -2.29. The van der Waals surface area contributed by atoms with E-state index in [2.05, 4.69) is 20.2 Å². The lowest BCUT2D eigenvalue weighted by atomic mass is 10.1. The minimum atomic E-state index is 0.726. The molecule has 28 heavy (non-hydrogen) atoms. The van der Waals surface area contributed by atoms with Gasteiger partial charge in [-0.1, -0.05) is 0 Å². The van der Waals surface area contributed by atoms with E-state index in [1.165, 1.54) is 28.8 Å². The molecule has 1 fully saturated rings. The van der Waals surface area contributed by atoms with E-state index >= 15 is 0 Å². The first-order valence-corrected chi connectivity index (χ1v) is 11.0. The quantitative estimate of drug-likeness (QED) is 0.617. The lowest BCUT2D eigenvalue weighted by molar-refractivity contribution is 0.122. The van der Waals surface area contributed by atoms with Crippen LogP contribution in [0.25, 0.3) is 20.4 Å². The summed E-state index contributed by atoms with van der Waals surface area (Å²) in [5.74, 6) is 2.09. The number of nitrogens with two attached hydrogens (primary N) is 1. The summed E-state index contributed by atoms with van der Waals surface area (Å²) in [6, 6.07) is 0. The number of pyridine rings is 1. The topological polar surface area (TPSA) is 89.2 Å². The summed E-state index contributed by atoms with van der Waals surface area (Å²) in [5.41, 5.74) is 9.53. The normalized spacial score (nSPS) is 16.8. The van der Waals surface area contributed by atoms with Gasteiger partial charge in [0.25, 0.3) is 0 Å². The molecule has 148 valence electrons. The van der Waals surface area contributed by atoms with Crippen LogP contribution in [0.1, 0.15) is 30.4 Å². The van der Waals surface area contributed by atoms with E-state index in [1.54, 1.807) is 17.7 Å². The minimum Gasteiger partial charge on any atom is -0.378 e. The Labute approximate surface area is 168 Å². The van der Waals surface area contributed by atoms with E-state index < -0.39 is 0 Å². The van der Waals surface area contributed by atoms with E-state index in [4.69, 9.17) is 15.5 Å². The van der Waals surface area contributed by atoms with Gasteiger partial charge in [0.05, 0.1) is 23.4 Å². The molecule has 3 N–H and O–H groups in total. The van der Waals surface area contributed by atoms with Crippen LogP contribution in [0.4, 0.5) is 11.6 Å². The molecule has 4 heterocycles. The highest BCUT2D eigenvalue weighted by molar-refractivity contribution is 7.26. The first-order valence-electron chi connectivity index (χ1n) is 10.2. The Hall–Kier alpha value is -2.03.